The van der Waals surface area contributed by atoms with Crippen molar-refractivity contribution >= 4 is 5.82 Å². The first kappa shape index (κ1) is 16.0. The highest BCUT2D eigenvalue weighted by Gasteiger charge is 2.25. The molecule has 1 fully saturated rings. The van der Waals surface area contributed by atoms with Crippen LogP contribution in [-0.4, -0.2) is 29.3 Å². The van der Waals surface area contributed by atoms with Crippen LogP contribution in [0.3, 0.4) is 0 Å². The molecule has 6 heteroatoms. The average molecular weight is 294 g/mol. The van der Waals surface area contributed by atoms with Gasteiger partial charge in [-0.2, -0.15) is 4.98 Å². The van der Waals surface area contributed by atoms with Crippen LogP contribution in [0.2, 0.25) is 0 Å². The molecule has 21 heavy (non-hydrogen) atoms. The molecule has 2 rings (SSSR count). The topological polar surface area (TPSA) is 82.3 Å². The molecule has 118 valence electrons. The molecular weight excluding hydrogens is 268 g/mol. The summed E-state index contributed by atoms with van der Waals surface area (Å²) in [5, 5.41) is 0. The van der Waals surface area contributed by atoms with Gasteiger partial charge in [-0.15, -0.1) is 0 Å². The summed E-state index contributed by atoms with van der Waals surface area (Å²) in [5.74, 6) is 7.35. The number of rotatable bonds is 4. The first-order chi connectivity index (χ1) is 9.92. The van der Waals surface area contributed by atoms with Gasteiger partial charge >= 0.3 is 0 Å². The van der Waals surface area contributed by atoms with E-state index in [-0.39, 0.29) is 17.6 Å². The number of aromatic nitrogens is 2. The maximum Gasteiger partial charge on any atom is 0.219 e. The Morgan fingerprint density at radius 3 is 2.57 bits per heavy atom. The van der Waals surface area contributed by atoms with Gasteiger partial charge in [-0.1, -0.05) is 20.8 Å². The number of nitrogens with one attached hydrogen (secondary N) is 1. The summed E-state index contributed by atoms with van der Waals surface area (Å²) in [6.07, 6.45) is 4.55. The molecule has 0 spiro atoms. The monoisotopic (exact) mass is 294 g/mol. The Labute approximate surface area is 126 Å². The molecule has 0 saturated heterocycles. The summed E-state index contributed by atoms with van der Waals surface area (Å²) < 4.78 is 11.5. The van der Waals surface area contributed by atoms with Crippen LogP contribution in [0.15, 0.2) is 6.07 Å². The van der Waals surface area contributed by atoms with Gasteiger partial charge in [-0.3, -0.25) is 0 Å². The minimum atomic E-state index is -0.160. The number of anilines is 1. The number of ether oxygens (including phenoxy) is 2. The van der Waals surface area contributed by atoms with Crippen LogP contribution in [0.1, 0.15) is 52.3 Å². The predicted octanol–water partition coefficient (Wildman–Crippen LogP) is 2.40. The molecule has 0 aromatic carbocycles. The lowest BCUT2D eigenvalue weighted by molar-refractivity contribution is 0.0193. The van der Waals surface area contributed by atoms with E-state index in [9.17, 15) is 0 Å². The number of hydrogen-bond acceptors (Lipinski definition) is 6. The number of nitrogens with zero attached hydrogens (tertiary/aromatic N) is 2. The number of hydrogen-bond donors (Lipinski definition) is 2. The Morgan fingerprint density at radius 2 is 1.95 bits per heavy atom. The van der Waals surface area contributed by atoms with E-state index in [0.29, 0.717) is 17.5 Å². The number of hydrazine groups is 1. The Balaban J connectivity index is 2.15. The number of nitrogen functional groups attached to an aromatic ring is 1. The van der Waals surface area contributed by atoms with E-state index in [0.717, 1.165) is 25.7 Å². The van der Waals surface area contributed by atoms with Crippen LogP contribution >= 0.6 is 0 Å². The zero-order chi connectivity index (χ0) is 15.5. The largest absolute Gasteiger partial charge is 0.474 e. The van der Waals surface area contributed by atoms with Crippen molar-refractivity contribution in [2.75, 3.05) is 12.5 Å². The first-order valence-electron chi connectivity index (χ1n) is 7.48. The molecule has 2 unspecified atom stereocenters. The van der Waals surface area contributed by atoms with Crippen LogP contribution in [0.4, 0.5) is 5.82 Å². The Kier molecular flexibility index (Phi) is 5.00. The van der Waals surface area contributed by atoms with Crippen molar-refractivity contribution in [1.29, 1.82) is 0 Å². The third-order valence-corrected chi connectivity index (χ3v) is 3.72. The van der Waals surface area contributed by atoms with Gasteiger partial charge in [0.15, 0.2) is 0 Å². The molecule has 0 amide bonds. The summed E-state index contributed by atoms with van der Waals surface area (Å²) >= 11 is 0. The maximum absolute atomic E-state index is 6.04. The van der Waals surface area contributed by atoms with Crippen molar-refractivity contribution in [2.24, 2.45) is 5.84 Å². The molecule has 2 atom stereocenters. The third-order valence-electron chi connectivity index (χ3n) is 3.72. The lowest BCUT2D eigenvalue weighted by Crippen LogP contribution is -2.30. The highest BCUT2D eigenvalue weighted by atomic mass is 16.5. The molecule has 0 radical (unpaired) electrons. The van der Waals surface area contributed by atoms with Gasteiger partial charge < -0.3 is 14.9 Å². The lowest BCUT2D eigenvalue weighted by Gasteiger charge is -2.28. The van der Waals surface area contributed by atoms with E-state index in [1.54, 1.807) is 13.2 Å². The number of nitrogens with two attached hydrogens (primary N) is 1. The first-order valence-corrected chi connectivity index (χ1v) is 7.48. The smallest absolute Gasteiger partial charge is 0.219 e. The SMILES string of the molecule is COC1CCCC(Oc2cc(NN)nc(C(C)(C)C)n2)C1. The van der Waals surface area contributed by atoms with Gasteiger partial charge in [0.25, 0.3) is 0 Å². The molecule has 1 aromatic rings. The van der Waals surface area contributed by atoms with Gasteiger partial charge in [-0.05, 0) is 19.3 Å². The Morgan fingerprint density at radius 1 is 1.24 bits per heavy atom. The summed E-state index contributed by atoms with van der Waals surface area (Å²) in [4.78, 5) is 8.92. The lowest BCUT2D eigenvalue weighted by atomic mass is 9.95. The molecule has 1 aliphatic rings. The van der Waals surface area contributed by atoms with Gasteiger partial charge in [-0.25, -0.2) is 10.8 Å². The maximum atomic E-state index is 6.04. The summed E-state index contributed by atoms with van der Waals surface area (Å²) in [6.45, 7) is 6.19. The molecular formula is C15H26N4O2. The minimum Gasteiger partial charge on any atom is -0.474 e. The molecule has 6 nitrogen and oxygen atoms in total. The second-order valence-electron chi connectivity index (χ2n) is 6.57. The minimum absolute atomic E-state index is 0.136. The molecule has 1 aromatic heterocycles. The van der Waals surface area contributed by atoms with E-state index in [1.807, 2.05) is 0 Å². The molecule has 0 aliphatic heterocycles. The number of methoxy groups -OCH3 is 1. The average Bonchev–Trinajstić information content (AvgIpc) is 2.46. The van der Waals surface area contributed by atoms with E-state index >= 15 is 0 Å². The van der Waals surface area contributed by atoms with Crippen LogP contribution in [0.5, 0.6) is 5.88 Å². The van der Waals surface area contributed by atoms with E-state index in [2.05, 4.69) is 36.2 Å². The van der Waals surface area contributed by atoms with E-state index in [1.165, 1.54) is 0 Å². The quantitative estimate of drug-likeness (QED) is 0.655. The molecule has 3 N–H and O–H groups in total. The van der Waals surface area contributed by atoms with Crippen molar-refractivity contribution in [3.05, 3.63) is 11.9 Å². The molecule has 1 saturated carbocycles. The zero-order valence-electron chi connectivity index (χ0n) is 13.3. The van der Waals surface area contributed by atoms with Gasteiger partial charge in [0.2, 0.25) is 5.88 Å². The van der Waals surface area contributed by atoms with E-state index < -0.39 is 0 Å². The van der Waals surface area contributed by atoms with Crippen LogP contribution in [0, 0.1) is 0 Å². The molecule has 0 bridgehead atoms. The summed E-state index contributed by atoms with van der Waals surface area (Å²) in [5.41, 5.74) is 2.42. The van der Waals surface area contributed by atoms with Crippen molar-refractivity contribution in [3.63, 3.8) is 0 Å². The summed E-state index contributed by atoms with van der Waals surface area (Å²) in [7, 11) is 1.76. The normalized spacial score (nSPS) is 22.9. The second kappa shape index (κ2) is 6.58. The third kappa shape index (κ3) is 4.28. The predicted molar refractivity (Wildman–Crippen MR) is 82.2 cm³/mol. The van der Waals surface area contributed by atoms with Crippen LogP contribution < -0.4 is 16.0 Å². The fourth-order valence-electron chi connectivity index (χ4n) is 2.49. The fraction of sp³-hybridized carbons (Fsp3) is 0.733. The molecule has 1 aliphatic carbocycles. The summed E-state index contributed by atoms with van der Waals surface area (Å²) in [6, 6.07) is 1.74. The van der Waals surface area contributed by atoms with Crippen molar-refractivity contribution < 1.29 is 9.47 Å². The van der Waals surface area contributed by atoms with Gasteiger partial charge in [0.1, 0.15) is 17.7 Å². The molecule has 1 heterocycles. The zero-order valence-corrected chi connectivity index (χ0v) is 13.3. The van der Waals surface area contributed by atoms with Crippen LogP contribution in [-0.2, 0) is 10.2 Å². The standard InChI is InChI=1S/C15H26N4O2/c1-15(2,3)14-17-12(19-16)9-13(18-14)21-11-7-5-6-10(8-11)20-4/h9-11H,5-8,16H2,1-4H3,(H,17,18,19). The van der Waals surface area contributed by atoms with Crippen LogP contribution in [0.25, 0.3) is 0 Å². The van der Waals surface area contributed by atoms with Gasteiger partial charge in [0, 0.05) is 25.0 Å². The fourth-order valence-corrected chi connectivity index (χ4v) is 2.49. The Hall–Kier alpha value is -1.40. The Bertz CT molecular complexity index is 473. The van der Waals surface area contributed by atoms with E-state index in [4.69, 9.17) is 15.3 Å². The second-order valence-corrected chi connectivity index (χ2v) is 6.57. The van der Waals surface area contributed by atoms with Crippen molar-refractivity contribution in [3.8, 4) is 5.88 Å². The highest BCUT2D eigenvalue weighted by Crippen LogP contribution is 2.27. The van der Waals surface area contributed by atoms with Gasteiger partial charge in [0.05, 0.1) is 6.10 Å². The highest BCUT2D eigenvalue weighted by molar-refractivity contribution is 5.38. The van der Waals surface area contributed by atoms with Crippen molar-refractivity contribution in [1.82, 2.24) is 9.97 Å². The van der Waals surface area contributed by atoms with Crippen molar-refractivity contribution in [2.45, 2.75) is 64.1 Å².